The summed E-state index contributed by atoms with van der Waals surface area (Å²) in [4.78, 5) is 0. The maximum atomic E-state index is 3.49. The van der Waals surface area contributed by atoms with Crippen molar-refractivity contribution in [3.63, 3.8) is 0 Å². The number of nitrogens with one attached hydrogen (secondary N) is 1. The highest BCUT2D eigenvalue weighted by Gasteiger charge is 2.10. The van der Waals surface area contributed by atoms with Crippen LogP contribution in [-0.4, -0.2) is 13.6 Å². The van der Waals surface area contributed by atoms with Gasteiger partial charge in [-0.25, -0.2) is 0 Å². The van der Waals surface area contributed by atoms with Gasteiger partial charge in [0, 0.05) is 11.0 Å². The van der Waals surface area contributed by atoms with Gasteiger partial charge in [-0.15, -0.1) is 0 Å². The molecule has 0 saturated heterocycles. The second kappa shape index (κ2) is 7.07. The van der Waals surface area contributed by atoms with Gasteiger partial charge in [0.25, 0.3) is 0 Å². The van der Waals surface area contributed by atoms with E-state index in [1.807, 2.05) is 7.05 Å². The number of hydrogen-bond acceptors (Lipinski definition) is 2. The molecule has 1 heterocycles. The van der Waals surface area contributed by atoms with Gasteiger partial charge in [-0.05, 0) is 65.9 Å². The minimum Gasteiger partial charge on any atom is -0.319 e. The fourth-order valence-corrected chi connectivity index (χ4v) is 3.11. The van der Waals surface area contributed by atoms with Gasteiger partial charge in [0.2, 0.25) is 0 Å². The SMILES string of the molecule is CNCC(CCc1ccsc1)c1ccc(Br)cc1. The van der Waals surface area contributed by atoms with Crippen molar-refractivity contribution < 1.29 is 0 Å². The van der Waals surface area contributed by atoms with Crippen LogP contribution < -0.4 is 5.32 Å². The third-order valence-corrected chi connectivity index (χ3v) is 4.41. The van der Waals surface area contributed by atoms with Crippen LogP contribution in [0.1, 0.15) is 23.5 Å². The number of hydrogen-bond donors (Lipinski definition) is 1. The summed E-state index contributed by atoms with van der Waals surface area (Å²) < 4.78 is 1.15. The summed E-state index contributed by atoms with van der Waals surface area (Å²) in [6, 6.07) is 10.9. The van der Waals surface area contributed by atoms with Gasteiger partial charge < -0.3 is 5.32 Å². The van der Waals surface area contributed by atoms with Crippen molar-refractivity contribution in [1.29, 1.82) is 0 Å². The van der Waals surface area contributed by atoms with Gasteiger partial charge in [0.05, 0.1) is 0 Å². The lowest BCUT2D eigenvalue weighted by molar-refractivity contribution is 0.584. The Kier molecular flexibility index (Phi) is 5.42. The summed E-state index contributed by atoms with van der Waals surface area (Å²) >= 11 is 5.27. The van der Waals surface area contributed by atoms with E-state index in [1.54, 1.807) is 11.3 Å². The van der Waals surface area contributed by atoms with E-state index in [0.717, 1.165) is 17.4 Å². The van der Waals surface area contributed by atoms with Crippen molar-refractivity contribution in [3.05, 3.63) is 56.7 Å². The van der Waals surface area contributed by atoms with Crippen LogP contribution in [0.25, 0.3) is 0 Å². The van der Waals surface area contributed by atoms with Crippen molar-refractivity contribution in [2.24, 2.45) is 0 Å². The minimum atomic E-state index is 0.586. The molecular weight excluding hydrogens is 306 g/mol. The van der Waals surface area contributed by atoms with Crippen LogP contribution >= 0.6 is 27.3 Å². The fourth-order valence-electron chi connectivity index (χ4n) is 2.14. The standard InChI is InChI=1S/C15H18BrNS/c1-17-10-14(3-2-12-8-9-18-11-12)13-4-6-15(16)7-5-13/h4-9,11,14,17H,2-3,10H2,1H3. The average Bonchev–Trinajstić information content (AvgIpc) is 2.89. The molecule has 0 fully saturated rings. The molecule has 0 radical (unpaired) electrons. The molecule has 2 rings (SSSR count). The Balaban J connectivity index is 2.01. The van der Waals surface area contributed by atoms with E-state index in [-0.39, 0.29) is 0 Å². The molecule has 1 N–H and O–H groups in total. The number of thiophene rings is 1. The van der Waals surface area contributed by atoms with Crippen molar-refractivity contribution in [2.75, 3.05) is 13.6 Å². The molecule has 1 nitrogen and oxygen atoms in total. The van der Waals surface area contributed by atoms with E-state index in [9.17, 15) is 0 Å². The van der Waals surface area contributed by atoms with E-state index < -0.39 is 0 Å². The van der Waals surface area contributed by atoms with Crippen molar-refractivity contribution >= 4 is 27.3 Å². The summed E-state index contributed by atoms with van der Waals surface area (Å²) in [5.74, 6) is 0.586. The predicted octanol–water partition coefficient (Wildman–Crippen LogP) is 4.45. The third kappa shape index (κ3) is 3.94. The zero-order valence-corrected chi connectivity index (χ0v) is 12.9. The van der Waals surface area contributed by atoms with Gasteiger partial charge in [0.1, 0.15) is 0 Å². The van der Waals surface area contributed by atoms with E-state index in [0.29, 0.717) is 5.92 Å². The van der Waals surface area contributed by atoms with E-state index in [2.05, 4.69) is 62.3 Å². The molecular formula is C15H18BrNS. The summed E-state index contributed by atoms with van der Waals surface area (Å²) in [5.41, 5.74) is 2.88. The van der Waals surface area contributed by atoms with Gasteiger partial charge in [-0.3, -0.25) is 0 Å². The molecule has 1 aromatic heterocycles. The van der Waals surface area contributed by atoms with Crippen LogP contribution in [0.3, 0.4) is 0 Å². The molecule has 0 saturated carbocycles. The molecule has 0 spiro atoms. The van der Waals surface area contributed by atoms with Crippen molar-refractivity contribution in [3.8, 4) is 0 Å². The molecule has 18 heavy (non-hydrogen) atoms. The Bertz CT molecular complexity index is 450. The maximum absolute atomic E-state index is 3.49. The largest absolute Gasteiger partial charge is 0.319 e. The molecule has 1 atom stereocenters. The molecule has 0 bridgehead atoms. The average molecular weight is 324 g/mol. The smallest absolute Gasteiger partial charge is 0.0175 e. The first-order valence-electron chi connectivity index (χ1n) is 6.20. The molecule has 1 aromatic carbocycles. The van der Waals surface area contributed by atoms with Crippen molar-refractivity contribution in [2.45, 2.75) is 18.8 Å². The maximum Gasteiger partial charge on any atom is 0.0175 e. The summed E-state index contributed by atoms with van der Waals surface area (Å²) in [6.45, 7) is 1.03. The number of benzene rings is 1. The first kappa shape index (κ1) is 13.8. The number of rotatable bonds is 6. The zero-order valence-electron chi connectivity index (χ0n) is 10.5. The Labute approximate surface area is 121 Å². The highest BCUT2D eigenvalue weighted by atomic mass is 79.9. The Morgan fingerprint density at radius 1 is 1.22 bits per heavy atom. The first-order valence-corrected chi connectivity index (χ1v) is 7.94. The summed E-state index contributed by atoms with van der Waals surface area (Å²) in [5, 5.41) is 7.70. The van der Waals surface area contributed by atoms with Gasteiger partial charge in [-0.1, -0.05) is 28.1 Å². The highest BCUT2D eigenvalue weighted by Crippen LogP contribution is 2.23. The third-order valence-electron chi connectivity index (χ3n) is 3.15. The first-order chi connectivity index (χ1) is 8.79. The van der Waals surface area contributed by atoms with Crippen LogP contribution in [-0.2, 0) is 6.42 Å². The Morgan fingerprint density at radius 2 is 2.00 bits per heavy atom. The molecule has 1 unspecified atom stereocenters. The predicted molar refractivity (Wildman–Crippen MR) is 83.4 cm³/mol. The lowest BCUT2D eigenvalue weighted by atomic mass is 9.93. The summed E-state index contributed by atoms with van der Waals surface area (Å²) in [6.07, 6.45) is 2.35. The van der Waals surface area contributed by atoms with E-state index in [4.69, 9.17) is 0 Å². The molecule has 3 heteroatoms. The van der Waals surface area contributed by atoms with Crippen molar-refractivity contribution in [1.82, 2.24) is 5.32 Å². The number of halogens is 1. The lowest BCUT2D eigenvalue weighted by Crippen LogP contribution is -2.17. The van der Waals surface area contributed by atoms with Crippen LogP contribution in [0.15, 0.2) is 45.6 Å². The second-order valence-electron chi connectivity index (χ2n) is 4.48. The van der Waals surface area contributed by atoms with E-state index >= 15 is 0 Å². The number of likely N-dealkylation sites (N-methyl/N-ethyl adjacent to an activating group) is 1. The summed E-state index contributed by atoms with van der Waals surface area (Å²) in [7, 11) is 2.02. The highest BCUT2D eigenvalue weighted by molar-refractivity contribution is 9.10. The lowest BCUT2D eigenvalue weighted by Gasteiger charge is -2.17. The molecule has 0 amide bonds. The van der Waals surface area contributed by atoms with Gasteiger partial charge in [-0.2, -0.15) is 11.3 Å². The normalized spacial score (nSPS) is 12.6. The molecule has 2 aromatic rings. The molecule has 0 aliphatic heterocycles. The van der Waals surface area contributed by atoms with E-state index in [1.165, 1.54) is 17.5 Å². The molecule has 0 aliphatic rings. The number of aryl methyl sites for hydroxylation is 1. The quantitative estimate of drug-likeness (QED) is 0.828. The fraction of sp³-hybridized carbons (Fsp3) is 0.333. The zero-order chi connectivity index (χ0) is 12.8. The van der Waals surface area contributed by atoms with Crippen LogP contribution in [0.4, 0.5) is 0 Å². The van der Waals surface area contributed by atoms with Crippen LogP contribution in [0.2, 0.25) is 0 Å². The molecule has 96 valence electrons. The molecule has 0 aliphatic carbocycles. The minimum absolute atomic E-state index is 0.586. The van der Waals surface area contributed by atoms with Crippen LogP contribution in [0.5, 0.6) is 0 Å². The topological polar surface area (TPSA) is 12.0 Å². The van der Waals surface area contributed by atoms with Gasteiger partial charge in [0.15, 0.2) is 0 Å². The Morgan fingerprint density at radius 3 is 2.61 bits per heavy atom. The van der Waals surface area contributed by atoms with Gasteiger partial charge >= 0.3 is 0 Å². The van der Waals surface area contributed by atoms with Crippen LogP contribution in [0, 0.1) is 0 Å². The second-order valence-corrected chi connectivity index (χ2v) is 6.17. The monoisotopic (exact) mass is 323 g/mol. The Hall–Kier alpha value is -0.640.